The SMILES string of the molecule is Cc1c(C(=O)N2CCC(C)(CN)C2)cnn1-c1cccc(C(F)(F)F)c1.Cl. The topological polar surface area (TPSA) is 64.2 Å². The number of halogens is 4. The zero-order valence-corrected chi connectivity index (χ0v) is 15.9. The van der Waals surface area contributed by atoms with Gasteiger partial charge in [0.25, 0.3) is 5.91 Å². The molecule has 27 heavy (non-hydrogen) atoms. The van der Waals surface area contributed by atoms with Gasteiger partial charge in [-0.15, -0.1) is 12.4 Å². The maximum atomic E-state index is 12.9. The van der Waals surface area contributed by atoms with Crippen LogP contribution in [0, 0.1) is 12.3 Å². The van der Waals surface area contributed by atoms with E-state index in [1.54, 1.807) is 11.8 Å². The molecule has 1 unspecified atom stereocenters. The largest absolute Gasteiger partial charge is 0.416 e. The van der Waals surface area contributed by atoms with Gasteiger partial charge in [-0.05, 0) is 43.5 Å². The molecule has 0 aliphatic carbocycles. The Morgan fingerprint density at radius 3 is 2.67 bits per heavy atom. The van der Waals surface area contributed by atoms with Gasteiger partial charge >= 0.3 is 6.18 Å². The molecule has 1 aromatic heterocycles. The molecule has 3 rings (SSSR count). The van der Waals surface area contributed by atoms with Crippen LogP contribution < -0.4 is 5.73 Å². The number of carbonyl (C=O) groups excluding carboxylic acids is 1. The molecule has 148 valence electrons. The average molecular weight is 403 g/mol. The fourth-order valence-corrected chi connectivity index (χ4v) is 3.23. The van der Waals surface area contributed by atoms with Crippen LogP contribution in [0.4, 0.5) is 13.2 Å². The molecule has 1 amide bonds. The number of amides is 1. The van der Waals surface area contributed by atoms with Crippen molar-refractivity contribution in [3.63, 3.8) is 0 Å². The molecule has 5 nitrogen and oxygen atoms in total. The van der Waals surface area contributed by atoms with Crippen molar-refractivity contribution in [1.29, 1.82) is 0 Å². The van der Waals surface area contributed by atoms with Crippen molar-refractivity contribution in [2.75, 3.05) is 19.6 Å². The number of nitrogens with zero attached hydrogens (tertiary/aromatic N) is 3. The number of hydrogen-bond acceptors (Lipinski definition) is 3. The number of hydrogen-bond donors (Lipinski definition) is 1. The second-order valence-electron chi connectivity index (χ2n) is 7.10. The number of nitrogens with two attached hydrogens (primary N) is 1. The van der Waals surface area contributed by atoms with Crippen LogP contribution in [0.25, 0.3) is 5.69 Å². The number of rotatable bonds is 3. The van der Waals surface area contributed by atoms with Gasteiger partial charge in [-0.3, -0.25) is 4.79 Å². The summed E-state index contributed by atoms with van der Waals surface area (Å²) in [4.78, 5) is 14.5. The summed E-state index contributed by atoms with van der Waals surface area (Å²) in [5.74, 6) is -0.169. The van der Waals surface area contributed by atoms with Gasteiger partial charge in [0.15, 0.2) is 0 Å². The normalized spacial score (nSPS) is 19.9. The second-order valence-corrected chi connectivity index (χ2v) is 7.10. The molecule has 2 heterocycles. The standard InChI is InChI=1S/C18H21F3N4O.ClH/c1-12-15(16(26)24-7-6-17(2,10-22)11-24)9-23-25(12)14-5-3-4-13(8-14)18(19,20)21;/h3-5,8-9H,6-7,10-11,22H2,1-2H3;1H. The predicted octanol–water partition coefficient (Wildman–Crippen LogP) is 3.43. The third-order valence-electron chi connectivity index (χ3n) is 5.00. The van der Waals surface area contributed by atoms with Crippen molar-refractivity contribution in [2.45, 2.75) is 26.4 Å². The van der Waals surface area contributed by atoms with E-state index >= 15 is 0 Å². The van der Waals surface area contributed by atoms with E-state index in [2.05, 4.69) is 5.10 Å². The monoisotopic (exact) mass is 402 g/mol. The van der Waals surface area contributed by atoms with Crippen molar-refractivity contribution in [3.8, 4) is 5.69 Å². The van der Waals surface area contributed by atoms with Gasteiger partial charge in [-0.2, -0.15) is 18.3 Å². The molecule has 0 saturated carbocycles. The maximum Gasteiger partial charge on any atom is 0.416 e. The van der Waals surface area contributed by atoms with Crippen LogP contribution >= 0.6 is 12.4 Å². The summed E-state index contributed by atoms with van der Waals surface area (Å²) in [6.45, 7) is 5.40. The zero-order chi connectivity index (χ0) is 19.1. The highest BCUT2D eigenvalue weighted by atomic mass is 35.5. The Bertz CT molecular complexity index is 836. The first-order chi connectivity index (χ1) is 12.1. The molecule has 1 saturated heterocycles. The average Bonchev–Trinajstić information content (AvgIpc) is 3.18. The molecule has 2 aromatic rings. The van der Waals surface area contributed by atoms with Gasteiger partial charge in [-0.1, -0.05) is 13.0 Å². The van der Waals surface area contributed by atoms with Crippen molar-refractivity contribution in [1.82, 2.24) is 14.7 Å². The third kappa shape index (κ3) is 4.11. The van der Waals surface area contributed by atoms with Gasteiger partial charge in [0.2, 0.25) is 0 Å². The van der Waals surface area contributed by atoms with Crippen LogP contribution in [-0.2, 0) is 6.18 Å². The summed E-state index contributed by atoms with van der Waals surface area (Å²) in [6.07, 6.45) is -2.19. The number of benzene rings is 1. The fourth-order valence-electron chi connectivity index (χ4n) is 3.23. The molecule has 1 aromatic carbocycles. The minimum absolute atomic E-state index is 0. The highest BCUT2D eigenvalue weighted by Gasteiger charge is 2.36. The summed E-state index contributed by atoms with van der Waals surface area (Å²) in [6, 6.07) is 4.89. The van der Waals surface area contributed by atoms with E-state index in [0.717, 1.165) is 18.6 Å². The van der Waals surface area contributed by atoms with E-state index in [1.807, 2.05) is 6.92 Å². The Balaban J connectivity index is 0.00000261. The van der Waals surface area contributed by atoms with Gasteiger partial charge in [0.05, 0.1) is 28.7 Å². The van der Waals surface area contributed by atoms with Crippen LogP contribution in [0.2, 0.25) is 0 Å². The second kappa shape index (κ2) is 7.52. The van der Waals surface area contributed by atoms with E-state index < -0.39 is 11.7 Å². The van der Waals surface area contributed by atoms with Crippen molar-refractivity contribution >= 4 is 18.3 Å². The lowest BCUT2D eigenvalue weighted by Crippen LogP contribution is -2.34. The molecular weight excluding hydrogens is 381 g/mol. The smallest absolute Gasteiger partial charge is 0.338 e. The Morgan fingerprint density at radius 2 is 2.07 bits per heavy atom. The van der Waals surface area contributed by atoms with Crippen LogP contribution in [0.3, 0.4) is 0 Å². The number of alkyl halides is 3. The summed E-state index contributed by atoms with van der Waals surface area (Å²) < 4.78 is 40.1. The lowest BCUT2D eigenvalue weighted by atomic mass is 9.90. The van der Waals surface area contributed by atoms with E-state index in [4.69, 9.17) is 5.73 Å². The highest BCUT2D eigenvalue weighted by molar-refractivity contribution is 5.95. The first kappa shape index (κ1) is 21.2. The molecular formula is C18H22ClF3N4O. The molecule has 0 bridgehead atoms. The Kier molecular flexibility index (Phi) is 5.91. The lowest BCUT2D eigenvalue weighted by molar-refractivity contribution is -0.137. The van der Waals surface area contributed by atoms with Crippen LogP contribution in [-0.4, -0.2) is 40.2 Å². The van der Waals surface area contributed by atoms with E-state index in [0.29, 0.717) is 30.9 Å². The minimum atomic E-state index is -4.43. The van der Waals surface area contributed by atoms with Crippen molar-refractivity contribution < 1.29 is 18.0 Å². The molecule has 1 aliphatic rings. The van der Waals surface area contributed by atoms with Crippen LogP contribution in [0.15, 0.2) is 30.5 Å². The molecule has 1 aliphatic heterocycles. The number of likely N-dealkylation sites (tertiary alicyclic amines) is 1. The Hall–Kier alpha value is -2.06. The van der Waals surface area contributed by atoms with Gasteiger partial charge in [0.1, 0.15) is 0 Å². The van der Waals surface area contributed by atoms with Gasteiger partial charge in [0, 0.05) is 13.1 Å². The van der Waals surface area contributed by atoms with E-state index in [1.165, 1.54) is 23.0 Å². The summed E-state index contributed by atoms with van der Waals surface area (Å²) >= 11 is 0. The van der Waals surface area contributed by atoms with E-state index in [-0.39, 0.29) is 29.4 Å². The highest BCUT2D eigenvalue weighted by Crippen LogP contribution is 2.32. The Labute approximate surface area is 161 Å². The molecule has 1 atom stereocenters. The third-order valence-corrected chi connectivity index (χ3v) is 5.00. The first-order valence-corrected chi connectivity index (χ1v) is 8.36. The predicted molar refractivity (Wildman–Crippen MR) is 98.2 cm³/mol. The summed E-state index contributed by atoms with van der Waals surface area (Å²) in [5.41, 5.74) is 6.10. The zero-order valence-electron chi connectivity index (χ0n) is 15.1. The van der Waals surface area contributed by atoms with Crippen molar-refractivity contribution in [2.24, 2.45) is 11.1 Å². The molecule has 2 N–H and O–H groups in total. The number of carbonyl (C=O) groups is 1. The van der Waals surface area contributed by atoms with Gasteiger partial charge < -0.3 is 10.6 Å². The lowest BCUT2D eigenvalue weighted by Gasteiger charge is -2.22. The van der Waals surface area contributed by atoms with Crippen molar-refractivity contribution in [3.05, 3.63) is 47.3 Å². The maximum absolute atomic E-state index is 12.9. The van der Waals surface area contributed by atoms with Crippen LogP contribution in [0.1, 0.15) is 35.0 Å². The Morgan fingerprint density at radius 1 is 1.37 bits per heavy atom. The molecule has 9 heteroatoms. The summed E-state index contributed by atoms with van der Waals surface area (Å²) in [7, 11) is 0. The fraction of sp³-hybridized carbons (Fsp3) is 0.444. The van der Waals surface area contributed by atoms with Gasteiger partial charge in [-0.25, -0.2) is 4.68 Å². The van der Waals surface area contributed by atoms with Crippen LogP contribution in [0.5, 0.6) is 0 Å². The summed E-state index contributed by atoms with van der Waals surface area (Å²) in [5, 5.41) is 4.14. The first-order valence-electron chi connectivity index (χ1n) is 8.36. The number of aromatic nitrogens is 2. The molecule has 1 fully saturated rings. The van der Waals surface area contributed by atoms with E-state index in [9.17, 15) is 18.0 Å². The quantitative estimate of drug-likeness (QED) is 0.855. The minimum Gasteiger partial charge on any atom is -0.338 e. The molecule has 0 spiro atoms. The molecule has 0 radical (unpaired) electrons.